The zero-order valence-electron chi connectivity index (χ0n) is 6.83. The van der Waals surface area contributed by atoms with Gasteiger partial charge in [0, 0.05) is 0 Å². The minimum Gasteiger partial charge on any atom is -0.477 e. The van der Waals surface area contributed by atoms with Gasteiger partial charge in [-0.3, -0.25) is 0 Å². The van der Waals surface area contributed by atoms with Gasteiger partial charge >= 0.3 is 5.97 Å². The van der Waals surface area contributed by atoms with Gasteiger partial charge < -0.3 is 9.94 Å². The highest BCUT2D eigenvalue weighted by atomic mass is 16.6. The van der Waals surface area contributed by atoms with E-state index in [1.807, 2.05) is 6.92 Å². The van der Waals surface area contributed by atoms with E-state index in [1.54, 1.807) is 6.92 Å². The topological polar surface area (TPSA) is 58.9 Å². The molecule has 0 aliphatic rings. The molecular weight excluding hydrogens is 146 g/mol. The monoisotopic (exact) mass is 159 g/mol. The Labute approximate surface area is 65.8 Å². The number of aliphatic carboxylic acids is 1. The molecule has 0 bridgehead atoms. The predicted octanol–water partition coefficient (Wildman–Crippen LogP) is 1.26. The van der Waals surface area contributed by atoms with Crippen LogP contribution in [0.25, 0.3) is 0 Å². The Bertz CT molecular complexity index is 154. The van der Waals surface area contributed by atoms with Crippen molar-refractivity contribution < 1.29 is 14.7 Å². The van der Waals surface area contributed by atoms with Crippen LogP contribution < -0.4 is 0 Å². The van der Waals surface area contributed by atoms with Crippen molar-refractivity contribution in [1.82, 2.24) is 0 Å². The molecule has 0 aromatic heterocycles. The molecule has 0 unspecified atom stereocenters. The lowest BCUT2D eigenvalue weighted by Crippen LogP contribution is -2.12. The molecule has 64 valence electrons. The molecule has 4 heteroatoms. The number of hydrogen-bond donors (Lipinski definition) is 1. The van der Waals surface area contributed by atoms with Crippen molar-refractivity contribution in [3.63, 3.8) is 0 Å². The fraction of sp³-hybridized carbons (Fsp3) is 0.714. The van der Waals surface area contributed by atoms with Crippen molar-refractivity contribution in [2.75, 3.05) is 6.61 Å². The smallest absolute Gasteiger partial charge is 0.353 e. The van der Waals surface area contributed by atoms with Crippen LogP contribution in [0.5, 0.6) is 0 Å². The average Bonchev–Trinajstić information content (AvgIpc) is 1.97. The molecule has 0 aromatic carbocycles. The second-order valence-corrected chi connectivity index (χ2v) is 2.03. The standard InChI is InChI=1S/C7H13NO3/c1-3-5-11-8-6(4-2)7(9)10/h3-5H2,1-2H3,(H,9,10). The third-order valence-electron chi connectivity index (χ3n) is 1.05. The van der Waals surface area contributed by atoms with Crippen molar-refractivity contribution in [2.24, 2.45) is 5.16 Å². The van der Waals surface area contributed by atoms with Crippen LogP contribution in [-0.4, -0.2) is 23.4 Å². The molecule has 0 fully saturated rings. The summed E-state index contributed by atoms with van der Waals surface area (Å²) in [6.45, 7) is 4.13. The molecule has 0 radical (unpaired) electrons. The number of nitrogens with zero attached hydrogens (tertiary/aromatic N) is 1. The highest BCUT2D eigenvalue weighted by Gasteiger charge is 2.05. The lowest BCUT2D eigenvalue weighted by atomic mass is 10.3. The number of carboxylic acid groups (broad SMARTS) is 1. The van der Waals surface area contributed by atoms with Gasteiger partial charge in [-0.1, -0.05) is 19.0 Å². The zero-order chi connectivity index (χ0) is 8.69. The first-order chi connectivity index (χ1) is 5.22. The summed E-state index contributed by atoms with van der Waals surface area (Å²) < 4.78 is 0. The molecule has 0 spiro atoms. The summed E-state index contributed by atoms with van der Waals surface area (Å²) in [4.78, 5) is 15.0. The first kappa shape index (κ1) is 9.94. The number of hydrogen-bond acceptors (Lipinski definition) is 3. The van der Waals surface area contributed by atoms with E-state index in [0.717, 1.165) is 6.42 Å². The SMILES string of the molecule is CCCON=C(CC)C(=O)O. The molecule has 0 aliphatic carbocycles. The molecule has 1 N–H and O–H groups in total. The Morgan fingerprint density at radius 1 is 1.55 bits per heavy atom. The Hall–Kier alpha value is -1.06. The van der Waals surface area contributed by atoms with Crippen LogP contribution in [0.1, 0.15) is 26.7 Å². The molecule has 0 aliphatic heterocycles. The molecule has 0 amide bonds. The maximum atomic E-state index is 10.3. The summed E-state index contributed by atoms with van der Waals surface area (Å²) in [7, 11) is 0. The summed E-state index contributed by atoms with van der Waals surface area (Å²) in [6, 6.07) is 0. The molecule has 0 heterocycles. The average molecular weight is 159 g/mol. The highest BCUT2D eigenvalue weighted by Crippen LogP contribution is 1.89. The van der Waals surface area contributed by atoms with Crippen molar-refractivity contribution in [3.8, 4) is 0 Å². The van der Waals surface area contributed by atoms with Crippen LogP contribution in [0.3, 0.4) is 0 Å². The molecule has 0 saturated carbocycles. The van der Waals surface area contributed by atoms with Crippen LogP contribution in [0.2, 0.25) is 0 Å². The molecule has 0 aromatic rings. The van der Waals surface area contributed by atoms with Gasteiger partial charge in [0.25, 0.3) is 0 Å². The van der Waals surface area contributed by atoms with Crippen molar-refractivity contribution in [3.05, 3.63) is 0 Å². The fourth-order valence-electron chi connectivity index (χ4n) is 0.470. The van der Waals surface area contributed by atoms with E-state index in [4.69, 9.17) is 9.94 Å². The number of carbonyl (C=O) groups is 1. The van der Waals surface area contributed by atoms with Gasteiger partial charge in [-0.05, 0) is 12.8 Å². The normalized spacial score (nSPS) is 11.3. The number of rotatable bonds is 5. The summed E-state index contributed by atoms with van der Waals surface area (Å²) >= 11 is 0. The van der Waals surface area contributed by atoms with Crippen LogP contribution in [0.15, 0.2) is 5.16 Å². The first-order valence-electron chi connectivity index (χ1n) is 3.64. The number of carboxylic acids is 1. The first-order valence-corrected chi connectivity index (χ1v) is 3.64. The minimum atomic E-state index is -1.01. The quantitative estimate of drug-likeness (QED) is 0.373. The third kappa shape index (κ3) is 4.36. The van der Waals surface area contributed by atoms with E-state index in [1.165, 1.54) is 0 Å². The van der Waals surface area contributed by atoms with Crippen molar-refractivity contribution in [2.45, 2.75) is 26.7 Å². The van der Waals surface area contributed by atoms with Gasteiger partial charge in [0.15, 0.2) is 5.71 Å². The molecule has 0 atom stereocenters. The van der Waals surface area contributed by atoms with Gasteiger partial charge in [-0.15, -0.1) is 0 Å². The second kappa shape index (κ2) is 5.70. The van der Waals surface area contributed by atoms with Gasteiger partial charge in [0.1, 0.15) is 6.61 Å². The van der Waals surface area contributed by atoms with E-state index in [0.29, 0.717) is 13.0 Å². The molecular formula is C7H13NO3. The predicted molar refractivity (Wildman–Crippen MR) is 41.6 cm³/mol. The molecule has 11 heavy (non-hydrogen) atoms. The van der Waals surface area contributed by atoms with Crippen LogP contribution in [0.4, 0.5) is 0 Å². The van der Waals surface area contributed by atoms with E-state index in [-0.39, 0.29) is 5.71 Å². The van der Waals surface area contributed by atoms with E-state index >= 15 is 0 Å². The fourth-order valence-corrected chi connectivity index (χ4v) is 0.470. The van der Waals surface area contributed by atoms with Crippen molar-refractivity contribution in [1.29, 1.82) is 0 Å². The Balaban J connectivity index is 3.81. The van der Waals surface area contributed by atoms with Gasteiger partial charge in [0.05, 0.1) is 0 Å². The minimum absolute atomic E-state index is 0.0680. The summed E-state index contributed by atoms with van der Waals surface area (Å²) in [5, 5.41) is 11.9. The van der Waals surface area contributed by atoms with E-state index in [2.05, 4.69) is 5.16 Å². The maximum Gasteiger partial charge on any atom is 0.353 e. The molecule has 4 nitrogen and oxygen atoms in total. The number of oxime groups is 1. The lowest BCUT2D eigenvalue weighted by Gasteiger charge is -1.97. The Morgan fingerprint density at radius 3 is 2.55 bits per heavy atom. The van der Waals surface area contributed by atoms with Gasteiger partial charge in [-0.25, -0.2) is 4.79 Å². The summed E-state index contributed by atoms with van der Waals surface area (Å²) in [6.07, 6.45) is 1.22. The Morgan fingerprint density at radius 2 is 2.18 bits per heavy atom. The largest absolute Gasteiger partial charge is 0.477 e. The molecule has 0 saturated heterocycles. The van der Waals surface area contributed by atoms with Crippen LogP contribution in [0, 0.1) is 0 Å². The van der Waals surface area contributed by atoms with Gasteiger partial charge in [0.2, 0.25) is 0 Å². The van der Waals surface area contributed by atoms with Gasteiger partial charge in [-0.2, -0.15) is 0 Å². The summed E-state index contributed by atoms with van der Waals surface area (Å²) in [5.74, 6) is -1.01. The third-order valence-corrected chi connectivity index (χ3v) is 1.05. The maximum absolute atomic E-state index is 10.3. The second-order valence-electron chi connectivity index (χ2n) is 2.03. The molecule has 0 rings (SSSR count). The van der Waals surface area contributed by atoms with Crippen LogP contribution in [-0.2, 0) is 9.63 Å². The Kier molecular flexibility index (Phi) is 5.15. The zero-order valence-corrected chi connectivity index (χ0v) is 6.83. The lowest BCUT2D eigenvalue weighted by molar-refractivity contribution is -0.129. The van der Waals surface area contributed by atoms with Crippen molar-refractivity contribution >= 4 is 11.7 Å². The highest BCUT2D eigenvalue weighted by molar-refractivity contribution is 6.35. The summed E-state index contributed by atoms with van der Waals surface area (Å²) in [5.41, 5.74) is 0.0680. The van der Waals surface area contributed by atoms with E-state index in [9.17, 15) is 4.79 Å². The van der Waals surface area contributed by atoms with Crippen LogP contribution >= 0.6 is 0 Å². The van der Waals surface area contributed by atoms with E-state index < -0.39 is 5.97 Å².